The molecule has 0 aromatic heterocycles. The number of unbranched alkanes of at least 4 members (excludes halogenated alkanes) is 1. The summed E-state index contributed by atoms with van der Waals surface area (Å²) in [5.41, 5.74) is 5.70. The molecular weight excluding hydrogens is 442 g/mol. The van der Waals surface area contributed by atoms with Crippen LogP contribution in [0.3, 0.4) is 0 Å². The van der Waals surface area contributed by atoms with Crippen LogP contribution in [0.1, 0.15) is 44.1 Å². The fourth-order valence-corrected chi connectivity index (χ4v) is 5.43. The molecule has 35 heavy (non-hydrogen) atoms. The van der Waals surface area contributed by atoms with Gasteiger partial charge in [-0.05, 0) is 56.7 Å². The molecule has 4 rings (SSSR count). The number of para-hydroxylation sites is 2. The Morgan fingerprint density at radius 2 is 1.77 bits per heavy atom. The minimum absolute atomic E-state index is 0.0400. The quantitative estimate of drug-likeness (QED) is 0.520. The maximum atomic E-state index is 13.2. The maximum absolute atomic E-state index is 13.2. The Hall–Kier alpha value is -2.61. The Balaban J connectivity index is 1.59. The number of likely N-dealkylation sites (tertiary alicyclic amines) is 2. The number of benzene rings is 2. The smallest absolute Gasteiger partial charge is 0.320 e. The first-order valence-electron chi connectivity index (χ1n) is 12.8. The number of nitrogens with zero attached hydrogens (tertiary/aromatic N) is 2. The number of aliphatic hydroxyl groups is 1. The van der Waals surface area contributed by atoms with E-state index in [2.05, 4.69) is 0 Å². The largest absolute Gasteiger partial charge is 0.457 e. The number of hydrogen-bond donors (Lipinski definition) is 2. The molecule has 2 aromatic carbocycles. The normalized spacial score (nSPS) is 22.1. The van der Waals surface area contributed by atoms with Crippen LogP contribution >= 0.6 is 0 Å². The number of carbonyl (C=O) groups is 1. The van der Waals surface area contributed by atoms with E-state index in [0.717, 1.165) is 43.4 Å². The zero-order valence-corrected chi connectivity index (χ0v) is 20.8. The van der Waals surface area contributed by atoms with Crippen molar-refractivity contribution in [1.82, 2.24) is 9.80 Å². The highest BCUT2D eigenvalue weighted by atomic mass is 16.5. The molecule has 2 aliphatic heterocycles. The van der Waals surface area contributed by atoms with Gasteiger partial charge in [0, 0.05) is 57.4 Å². The summed E-state index contributed by atoms with van der Waals surface area (Å²) >= 11 is 0. The molecule has 3 atom stereocenters. The van der Waals surface area contributed by atoms with Crippen LogP contribution in [-0.2, 0) is 10.3 Å². The van der Waals surface area contributed by atoms with Gasteiger partial charge in [0.05, 0.1) is 5.60 Å². The van der Waals surface area contributed by atoms with Gasteiger partial charge in [-0.1, -0.05) is 36.4 Å². The highest BCUT2D eigenvalue weighted by Crippen LogP contribution is 2.44. The lowest BCUT2D eigenvalue weighted by Gasteiger charge is -2.44. The van der Waals surface area contributed by atoms with E-state index in [4.69, 9.17) is 15.2 Å². The third-order valence-corrected chi connectivity index (χ3v) is 7.34. The highest BCUT2D eigenvalue weighted by molar-refractivity contribution is 5.75. The van der Waals surface area contributed by atoms with Crippen molar-refractivity contribution >= 4 is 6.03 Å². The predicted octanol–water partition coefficient (Wildman–Crippen LogP) is 4.35. The van der Waals surface area contributed by atoms with Gasteiger partial charge in [0.15, 0.2) is 0 Å². The number of carbonyl (C=O) groups excluding carboxylic acids is 1. The van der Waals surface area contributed by atoms with E-state index in [0.29, 0.717) is 45.0 Å². The number of nitrogens with two attached hydrogens (primary N) is 1. The monoisotopic (exact) mass is 481 g/mol. The van der Waals surface area contributed by atoms with Gasteiger partial charge in [0.25, 0.3) is 0 Å². The molecule has 7 heteroatoms. The van der Waals surface area contributed by atoms with Crippen molar-refractivity contribution in [2.24, 2.45) is 11.7 Å². The lowest BCUT2D eigenvalue weighted by atomic mass is 9.73. The molecule has 0 radical (unpaired) electrons. The highest BCUT2D eigenvalue weighted by Gasteiger charge is 2.43. The molecule has 2 saturated heterocycles. The van der Waals surface area contributed by atoms with Gasteiger partial charge in [-0.15, -0.1) is 0 Å². The molecule has 0 spiro atoms. The number of rotatable bonds is 9. The first kappa shape index (κ1) is 25.5. The first-order valence-corrected chi connectivity index (χ1v) is 12.8. The second kappa shape index (κ2) is 11.9. The molecule has 0 saturated carbocycles. The van der Waals surface area contributed by atoms with E-state index in [1.54, 1.807) is 7.11 Å². The molecule has 7 nitrogen and oxygen atoms in total. The average molecular weight is 482 g/mol. The summed E-state index contributed by atoms with van der Waals surface area (Å²) in [6.45, 7) is 3.20. The summed E-state index contributed by atoms with van der Waals surface area (Å²) in [6, 6.07) is 17.5. The summed E-state index contributed by atoms with van der Waals surface area (Å²) in [5, 5.41) is 12.4. The molecule has 2 heterocycles. The number of ether oxygens (including phenoxy) is 2. The van der Waals surface area contributed by atoms with E-state index in [-0.39, 0.29) is 18.0 Å². The van der Waals surface area contributed by atoms with E-state index < -0.39 is 5.60 Å². The van der Waals surface area contributed by atoms with E-state index in [1.807, 2.05) is 64.4 Å². The van der Waals surface area contributed by atoms with Crippen molar-refractivity contribution in [2.45, 2.75) is 50.2 Å². The number of urea groups is 1. The molecule has 3 unspecified atom stereocenters. The van der Waals surface area contributed by atoms with Crippen molar-refractivity contribution in [3.63, 3.8) is 0 Å². The predicted molar refractivity (Wildman–Crippen MR) is 136 cm³/mol. The molecule has 2 amide bonds. The van der Waals surface area contributed by atoms with Crippen LogP contribution in [0.15, 0.2) is 54.6 Å². The lowest BCUT2D eigenvalue weighted by Crippen LogP contribution is -2.51. The fourth-order valence-electron chi connectivity index (χ4n) is 5.43. The minimum atomic E-state index is -1.13. The summed E-state index contributed by atoms with van der Waals surface area (Å²) in [4.78, 5) is 17.0. The van der Waals surface area contributed by atoms with E-state index >= 15 is 0 Å². The van der Waals surface area contributed by atoms with Crippen LogP contribution in [0.2, 0.25) is 0 Å². The van der Waals surface area contributed by atoms with Gasteiger partial charge in [0.2, 0.25) is 0 Å². The minimum Gasteiger partial charge on any atom is -0.457 e. The summed E-state index contributed by atoms with van der Waals surface area (Å²) in [6.07, 6.45) is 4.81. The third kappa shape index (κ3) is 6.15. The number of hydrogen-bond acceptors (Lipinski definition) is 5. The van der Waals surface area contributed by atoms with Crippen LogP contribution in [0.5, 0.6) is 11.5 Å². The molecule has 2 fully saturated rings. The van der Waals surface area contributed by atoms with Crippen LogP contribution in [0, 0.1) is 5.92 Å². The van der Waals surface area contributed by atoms with Crippen LogP contribution < -0.4 is 10.5 Å². The maximum Gasteiger partial charge on any atom is 0.320 e. The van der Waals surface area contributed by atoms with E-state index in [9.17, 15) is 9.90 Å². The van der Waals surface area contributed by atoms with E-state index in [1.165, 1.54) is 0 Å². The lowest BCUT2D eigenvalue weighted by molar-refractivity contribution is -0.0586. The van der Waals surface area contributed by atoms with Gasteiger partial charge < -0.3 is 30.1 Å². The number of amides is 2. The summed E-state index contributed by atoms with van der Waals surface area (Å²) < 4.78 is 11.5. The Morgan fingerprint density at radius 3 is 2.51 bits per heavy atom. The summed E-state index contributed by atoms with van der Waals surface area (Å²) in [7, 11) is 1.70. The van der Waals surface area contributed by atoms with Gasteiger partial charge >= 0.3 is 6.03 Å². The number of piperidine rings is 1. The zero-order valence-electron chi connectivity index (χ0n) is 20.8. The molecule has 0 aliphatic carbocycles. The second-order valence-electron chi connectivity index (χ2n) is 9.85. The third-order valence-electron chi connectivity index (χ3n) is 7.34. The van der Waals surface area contributed by atoms with Crippen molar-refractivity contribution in [3.8, 4) is 11.5 Å². The Kier molecular flexibility index (Phi) is 8.65. The Morgan fingerprint density at radius 1 is 1.03 bits per heavy atom. The standard InChI is InChI=1S/C28H39N3O4/c1-34-19-8-7-16-28(33,25-13-5-6-14-26(25)35-24-11-3-2-4-12-24)22-10-9-17-30(20-22)27(32)31-18-15-23(29)21-31/h2-6,11-14,22-23,33H,7-10,15-21,29H2,1H3. The van der Waals surface area contributed by atoms with Crippen LogP contribution in [0.25, 0.3) is 0 Å². The summed E-state index contributed by atoms with van der Waals surface area (Å²) in [5.74, 6) is 1.29. The van der Waals surface area contributed by atoms with Gasteiger partial charge in [-0.3, -0.25) is 0 Å². The van der Waals surface area contributed by atoms with Gasteiger partial charge in [0.1, 0.15) is 11.5 Å². The molecule has 0 bridgehead atoms. The Bertz CT molecular complexity index is 956. The van der Waals surface area contributed by atoms with Gasteiger partial charge in [-0.2, -0.15) is 0 Å². The molecule has 190 valence electrons. The SMILES string of the molecule is COCCCCC(O)(c1ccccc1Oc1ccccc1)C1CCCN(C(=O)N2CCC(N)C2)C1. The molecular formula is C28H39N3O4. The molecule has 2 aliphatic rings. The fraction of sp³-hybridized carbons (Fsp3) is 0.536. The van der Waals surface area contributed by atoms with Crippen molar-refractivity contribution in [3.05, 3.63) is 60.2 Å². The second-order valence-corrected chi connectivity index (χ2v) is 9.85. The molecule has 3 N–H and O–H groups in total. The first-order chi connectivity index (χ1) is 17.0. The van der Waals surface area contributed by atoms with Crippen LogP contribution in [0.4, 0.5) is 4.79 Å². The number of methoxy groups -OCH3 is 1. The zero-order chi connectivity index (χ0) is 24.7. The average Bonchev–Trinajstić information content (AvgIpc) is 3.33. The molecule has 2 aromatic rings. The Labute approximate surface area is 208 Å². The van der Waals surface area contributed by atoms with Crippen molar-refractivity contribution in [1.29, 1.82) is 0 Å². The topological polar surface area (TPSA) is 88.3 Å². The van der Waals surface area contributed by atoms with Gasteiger partial charge in [-0.25, -0.2) is 4.79 Å². The van der Waals surface area contributed by atoms with Crippen molar-refractivity contribution < 1.29 is 19.4 Å². The van der Waals surface area contributed by atoms with Crippen molar-refractivity contribution in [2.75, 3.05) is 39.9 Å². The van der Waals surface area contributed by atoms with Crippen LogP contribution in [-0.4, -0.2) is 66.9 Å².